The van der Waals surface area contributed by atoms with Gasteiger partial charge in [-0.2, -0.15) is 0 Å². The number of hydrogen-bond acceptors (Lipinski definition) is 5. The van der Waals surface area contributed by atoms with E-state index in [0.29, 0.717) is 56.5 Å². The normalized spacial score (nSPS) is 13.0. The highest BCUT2D eigenvalue weighted by Crippen LogP contribution is 2.34. The number of carbonyl (C=O) groups is 1. The van der Waals surface area contributed by atoms with Crippen LogP contribution in [0.2, 0.25) is 0 Å². The SMILES string of the molecule is COCCN(CCCN)C(=O)c1cccc2c1OCCO2. The van der Waals surface area contributed by atoms with Gasteiger partial charge in [-0.05, 0) is 25.1 Å². The Hall–Kier alpha value is -1.79. The second kappa shape index (κ2) is 7.85. The lowest BCUT2D eigenvalue weighted by Crippen LogP contribution is -2.36. The van der Waals surface area contributed by atoms with Crippen LogP contribution in [0, 0.1) is 0 Å². The number of para-hydroxylation sites is 1. The average molecular weight is 294 g/mol. The highest BCUT2D eigenvalue weighted by molar-refractivity contribution is 5.97. The fourth-order valence-electron chi connectivity index (χ4n) is 2.21. The Labute approximate surface area is 124 Å². The molecule has 0 aliphatic carbocycles. The summed E-state index contributed by atoms with van der Waals surface area (Å²) < 4.78 is 16.2. The molecule has 0 unspecified atom stereocenters. The van der Waals surface area contributed by atoms with Gasteiger partial charge in [0.15, 0.2) is 11.5 Å². The quantitative estimate of drug-likeness (QED) is 0.808. The molecular weight excluding hydrogens is 272 g/mol. The van der Waals surface area contributed by atoms with Gasteiger partial charge in [0.2, 0.25) is 0 Å². The predicted octanol–water partition coefficient (Wildman–Crippen LogP) is 0.895. The molecule has 6 nitrogen and oxygen atoms in total. The van der Waals surface area contributed by atoms with Crippen molar-refractivity contribution in [1.82, 2.24) is 4.90 Å². The molecule has 6 heteroatoms. The first kappa shape index (κ1) is 15.6. The molecule has 1 aromatic carbocycles. The molecule has 0 atom stereocenters. The Morgan fingerprint density at radius 2 is 2.14 bits per heavy atom. The van der Waals surface area contributed by atoms with Crippen molar-refractivity contribution in [3.05, 3.63) is 23.8 Å². The molecule has 1 amide bonds. The summed E-state index contributed by atoms with van der Waals surface area (Å²) in [5.41, 5.74) is 6.07. The maximum atomic E-state index is 12.7. The van der Waals surface area contributed by atoms with E-state index in [1.165, 1.54) is 0 Å². The Balaban J connectivity index is 2.19. The Morgan fingerprint density at radius 3 is 2.90 bits per heavy atom. The van der Waals surface area contributed by atoms with E-state index >= 15 is 0 Å². The van der Waals surface area contributed by atoms with Gasteiger partial charge in [0.05, 0.1) is 12.2 Å². The molecule has 1 aliphatic rings. The van der Waals surface area contributed by atoms with Crippen LogP contribution < -0.4 is 15.2 Å². The molecule has 116 valence electrons. The summed E-state index contributed by atoms with van der Waals surface area (Å²) in [6.45, 7) is 3.12. The van der Waals surface area contributed by atoms with Gasteiger partial charge in [0, 0.05) is 20.2 Å². The van der Waals surface area contributed by atoms with E-state index in [0.717, 1.165) is 6.42 Å². The highest BCUT2D eigenvalue weighted by Gasteiger charge is 2.23. The minimum absolute atomic E-state index is 0.0807. The van der Waals surface area contributed by atoms with Crippen molar-refractivity contribution in [2.75, 3.05) is 46.6 Å². The van der Waals surface area contributed by atoms with Crippen LogP contribution in [-0.2, 0) is 4.74 Å². The fraction of sp³-hybridized carbons (Fsp3) is 0.533. The molecule has 0 spiro atoms. The van der Waals surface area contributed by atoms with Crippen LogP contribution in [0.25, 0.3) is 0 Å². The average Bonchev–Trinajstić information content (AvgIpc) is 2.54. The van der Waals surface area contributed by atoms with Gasteiger partial charge < -0.3 is 24.8 Å². The maximum Gasteiger partial charge on any atom is 0.257 e. The Bertz CT molecular complexity index is 471. The van der Waals surface area contributed by atoms with Crippen molar-refractivity contribution >= 4 is 5.91 Å². The standard InChI is InChI=1S/C15H22N2O4/c1-19-9-8-17(7-3-6-16)15(18)12-4-2-5-13-14(12)21-11-10-20-13/h2,4-5H,3,6-11,16H2,1H3. The third-order valence-corrected chi connectivity index (χ3v) is 3.28. The monoisotopic (exact) mass is 294 g/mol. The van der Waals surface area contributed by atoms with Crippen LogP contribution >= 0.6 is 0 Å². The third kappa shape index (κ3) is 3.86. The zero-order valence-electron chi connectivity index (χ0n) is 12.3. The van der Waals surface area contributed by atoms with Crippen LogP contribution in [0.3, 0.4) is 0 Å². The van der Waals surface area contributed by atoms with Crippen molar-refractivity contribution < 1.29 is 19.0 Å². The van der Waals surface area contributed by atoms with E-state index in [-0.39, 0.29) is 5.91 Å². The van der Waals surface area contributed by atoms with Crippen LogP contribution in [0.4, 0.5) is 0 Å². The molecule has 2 rings (SSSR count). The Kier molecular flexibility index (Phi) is 5.83. The second-order valence-corrected chi connectivity index (χ2v) is 4.76. The van der Waals surface area contributed by atoms with E-state index in [9.17, 15) is 4.79 Å². The largest absolute Gasteiger partial charge is 0.486 e. The molecule has 0 bridgehead atoms. The molecule has 1 aliphatic heterocycles. The van der Waals surface area contributed by atoms with Crippen LogP contribution in [0.5, 0.6) is 11.5 Å². The smallest absolute Gasteiger partial charge is 0.257 e. The number of fused-ring (bicyclic) bond motifs is 1. The van der Waals surface area contributed by atoms with E-state index in [4.69, 9.17) is 19.9 Å². The van der Waals surface area contributed by atoms with E-state index in [1.54, 1.807) is 24.1 Å². The van der Waals surface area contributed by atoms with E-state index in [1.807, 2.05) is 6.07 Å². The second-order valence-electron chi connectivity index (χ2n) is 4.76. The van der Waals surface area contributed by atoms with E-state index < -0.39 is 0 Å². The van der Waals surface area contributed by atoms with Crippen molar-refractivity contribution in [2.45, 2.75) is 6.42 Å². The summed E-state index contributed by atoms with van der Waals surface area (Å²) in [4.78, 5) is 14.5. The number of carbonyl (C=O) groups excluding carboxylic acids is 1. The number of nitrogens with zero attached hydrogens (tertiary/aromatic N) is 1. The fourth-order valence-corrected chi connectivity index (χ4v) is 2.21. The number of rotatable bonds is 7. The minimum atomic E-state index is -0.0807. The predicted molar refractivity (Wildman–Crippen MR) is 78.9 cm³/mol. The van der Waals surface area contributed by atoms with Crippen LogP contribution in [-0.4, -0.2) is 57.4 Å². The molecular formula is C15H22N2O4. The van der Waals surface area contributed by atoms with Gasteiger partial charge in [-0.25, -0.2) is 0 Å². The highest BCUT2D eigenvalue weighted by atomic mass is 16.6. The number of benzene rings is 1. The summed E-state index contributed by atoms with van der Waals surface area (Å²) in [6.07, 6.45) is 0.752. The van der Waals surface area contributed by atoms with Gasteiger partial charge in [0.1, 0.15) is 13.2 Å². The lowest BCUT2D eigenvalue weighted by molar-refractivity contribution is 0.0685. The van der Waals surface area contributed by atoms with Gasteiger partial charge >= 0.3 is 0 Å². The van der Waals surface area contributed by atoms with Crippen molar-refractivity contribution in [3.63, 3.8) is 0 Å². The molecule has 0 saturated heterocycles. The number of nitrogens with two attached hydrogens (primary N) is 1. The molecule has 0 aromatic heterocycles. The van der Waals surface area contributed by atoms with Gasteiger partial charge in [-0.3, -0.25) is 4.79 Å². The zero-order chi connectivity index (χ0) is 15.1. The number of ether oxygens (including phenoxy) is 3. The molecule has 1 aromatic rings. The van der Waals surface area contributed by atoms with E-state index in [2.05, 4.69) is 0 Å². The van der Waals surface area contributed by atoms with Gasteiger partial charge in [-0.1, -0.05) is 6.07 Å². The van der Waals surface area contributed by atoms with Crippen molar-refractivity contribution in [3.8, 4) is 11.5 Å². The topological polar surface area (TPSA) is 74.0 Å². The molecule has 2 N–H and O–H groups in total. The minimum Gasteiger partial charge on any atom is -0.486 e. The summed E-state index contributed by atoms with van der Waals surface area (Å²) in [7, 11) is 1.62. The molecule has 0 radical (unpaired) electrons. The lowest BCUT2D eigenvalue weighted by Gasteiger charge is -2.25. The molecule has 0 fully saturated rings. The zero-order valence-corrected chi connectivity index (χ0v) is 12.3. The summed E-state index contributed by atoms with van der Waals surface area (Å²) >= 11 is 0. The van der Waals surface area contributed by atoms with Crippen molar-refractivity contribution in [2.24, 2.45) is 5.73 Å². The Morgan fingerprint density at radius 1 is 1.33 bits per heavy atom. The number of methoxy groups -OCH3 is 1. The molecule has 1 heterocycles. The number of amides is 1. The lowest BCUT2D eigenvalue weighted by atomic mass is 10.1. The van der Waals surface area contributed by atoms with Gasteiger partial charge in [-0.15, -0.1) is 0 Å². The molecule has 21 heavy (non-hydrogen) atoms. The van der Waals surface area contributed by atoms with Gasteiger partial charge in [0.25, 0.3) is 5.91 Å². The molecule has 0 saturated carbocycles. The summed E-state index contributed by atoms with van der Waals surface area (Å²) in [6, 6.07) is 5.38. The van der Waals surface area contributed by atoms with Crippen molar-refractivity contribution in [1.29, 1.82) is 0 Å². The third-order valence-electron chi connectivity index (χ3n) is 3.28. The first-order valence-corrected chi connectivity index (χ1v) is 7.14. The first-order chi connectivity index (χ1) is 10.3. The maximum absolute atomic E-state index is 12.7. The number of hydrogen-bond donors (Lipinski definition) is 1. The summed E-state index contributed by atoms with van der Waals surface area (Å²) in [5, 5.41) is 0. The summed E-state index contributed by atoms with van der Waals surface area (Å²) in [5.74, 6) is 1.07. The van der Waals surface area contributed by atoms with Crippen LogP contribution in [0.15, 0.2) is 18.2 Å². The van der Waals surface area contributed by atoms with Crippen LogP contribution in [0.1, 0.15) is 16.8 Å². The first-order valence-electron chi connectivity index (χ1n) is 7.14.